The molecule has 19 heavy (non-hydrogen) atoms. The monoisotopic (exact) mass is 257 g/mol. The summed E-state index contributed by atoms with van der Waals surface area (Å²) >= 11 is 0. The van der Waals surface area contributed by atoms with Crippen molar-refractivity contribution < 1.29 is 5.11 Å². The zero-order chi connectivity index (χ0) is 12.9. The van der Waals surface area contributed by atoms with E-state index in [9.17, 15) is 5.11 Å². The molecule has 4 nitrogen and oxygen atoms in total. The van der Waals surface area contributed by atoms with E-state index in [1.165, 1.54) is 6.42 Å². The minimum Gasteiger partial charge on any atom is -0.388 e. The van der Waals surface area contributed by atoms with Gasteiger partial charge in [-0.25, -0.2) is 4.98 Å². The maximum Gasteiger partial charge on any atom is 0.121 e. The second-order valence-corrected chi connectivity index (χ2v) is 5.93. The van der Waals surface area contributed by atoms with Gasteiger partial charge < -0.3 is 10.1 Å². The Labute approximate surface area is 112 Å². The number of imidazole rings is 1. The van der Waals surface area contributed by atoms with Gasteiger partial charge in [-0.2, -0.15) is 0 Å². The molecule has 2 aliphatic rings. The van der Waals surface area contributed by atoms with Crippen LogP contribution in [0.3, 0.4) is 0 Å². The number of fused-ring (bicyclic) bond motifs is 1. The first-order chi connectivity index (χ1) is 9.24. The Morgan fingerprint density at radius 1 is 1.37 bits per heavy atom. The van der Waals surface area contributed by atoms with Gasteiger partial charge in [0.05, 0.1) is 23.2 Å². The number of nitrogens with zero attached hydrogens (tertiary/aromatic N) is 2. The molecule has 100 valence electrons. The fourth-order valence-corrected chi connectivity index (χ4v) is 3.36. The second-order valence-electron chi connectivity index (χ2n) is 5.93. The standard InChI is InChI=1S/C15H19N3O/c19-15(7-8-15)13-6-3-9-18(13)10-14-16-11-4-1-2-5-12(11)17-14/h1-2,4-5,13,19H,3,6-10H2,(H,16,17). The van der Waals surface area contributed by atoms with Crippen molar-refractivity contribution in [2.24, 2.45) is 0 Å². The van der Waals surface area contributed by atoms with Crippen LogP contribution in [-0.2, 0) is 6.54 Å². The molecule has 2 N–H and O–H groups in total. The van der Waals surface area contributed by atoms with Crippen LogP contribution in [-0.4, -0.2) is 38.2 Å². The van der Waals surface area contributed by atoms with Crippen molar-refractivity contribution in [1.82, 2.24) is 14.9 Å². The maximum atomic E-state index is 10.3. The van der Waals surface area contributed by atoms with Gasteiger partial charge in [0.15, 0.2) is 0 Å². The molecule has 2 fully saturated rings. The van der Waals surface area contributed by atoms with E-state index in [1.807, 2.05) is 18.2 Å². The van der Waals surface area contributed by atoms with Gasteiger partial charge in [0, 0.05) is 6.04 Å². The Balaban J connectivity index is 1.57. The first kappa shape index (κ1) is 11.4. The number of aromatic nitrogens is 2. The lowest BCUT2D eigenvalue weighted by Crippen LogP contribution is -2.40. The zero-order valence-corrected chi connectivity index (χ0v) is 11.0. The predicted molar refractivity (Wildman–Crippen MR) is 73.7 cm³/mol. The van der Waals surface area contributed by atoms with E-state index in [2.05, 4.69) is 20.9 Å². The van der Waals surface area contributed by atoms with E-state index in [-0.39, 0.29) is 0 Å². The number of nitrogens with one attached hydrogen (secondary N) is 1. The number of benzene rings is 1. The molecule has 4 rings (SSSR count). The third kappa shape index (κ3) is 1.95. The molecule has 1 aromatic heterocycles. The topological polar surface area (TPSA) is 52.1 Å². The minimum atomic E-state index is -0.400. The summed E-state index contributed by atoms with van der Waals surface area (Å²) in [4.78, 5) is 10.4. The van der Waals surface area contributed by atoms with E-state index in [4.69, 9.17) is 0 Å². The molecule has 0 amide bonds. The number of para-hydroxylation sites is 2. The van der Waals surface area contributed by atoms with Gasteiger partial charge >= 0.3 is 0 Å². The highest BCUT2D eigenvalue weighted by Crippen LogP contribution is 2.44. The molecular formula is C15H19N3O. The quantitative estimate of drug-likeness (QED) is 0.885. The average molecular weight is 257 g/mol. The van der Waals surface area contributed by atoms with Gasteiger partial charge in [-0.05, 0) is 44.4 Å². The normalized spacial score (nSPS) is 26.1. The van der Waals surface area contributed by atoms with Crippen LogP contribution in [0.4, 0.5) is 0 Å². The van der Waals surface area contributed by atoms with Crippen molar-refractivity contribution in [3.8, 4) is 0 Å². The van der Waals surface area contributed by atoms with Crippen LogP contribution in [0.1, 0.15) is 31.5 Å². The van der Waals surface area contributed by atoms with Crippen molar-refractivity contribution in [2.45, 2.75) is 43.9 Å². The van der Waals surface area contributed by atoms with Gasteiger partial charge in [0.2, 0.25) is 0 Å². The number of hydrogen-bond acceptors (Lipinski definition) is 3. The number of hydrogen-bond donors (Lipinski definition) is 2. The first-order valence-electron chi connectivity index (χ1n) is 7.15. The summed E-state index contributed by atoms with van der Waals surface area (Å²) in [7, 11) is 0. The summed E-state index contributed by atoms with van der Waals surface area (Å²) in [6, 6.07) is 8.46. The van der Waals surface area contributed by atoms with Crippen LogP contribution in [0.25, 0.3) is 11.0 Å². The third-order valence-corrected chi connectivity index (χ3v) is 4.54. The van der Waals surface area contributed by atoms with Crippen LogP contribution in [0.5, 0.6) is 0 Å². The second kappa shape index (κ2) is 4.05. The molecular weight excluding hydrogens is 238 g/mol. The predicted octanol–water partition coefficient (Wildman–Crippen LogP) is 2.05. The van der Waals surface area contributed by atoms with Crippen molar-refractivity contribution in [2.75, 3.05) is 6.54 Å². The van der Waals surface area contributed by atoms with Crippen LogP contribution < -0.4 is 0 Å². The van der Waals surface area contributed by atoms with Crippen LogP contribution in [0, 0.1) is 0 Å². The van der Waals surface area contributed by atoms with Gasteiger partial charge in [0.1, 0.15) is 5.82 Å². The Bertz CT molecular complexity index is 569. The van der Waals surface area contributed by atoms with Gasteiger partial charge in [-0.15, -0.1) is 0 Å². The van der Waals surface area contributed by atoms with Crippen LogP contribution in [0.15, 0.2) is 24.3 Å². The van der Waals surface area contributed by atoms with Gasteiger partial charge in [-0.1, -0.05) is 12.1 Å². The molecule has 0 radical (unpaired) electrons. The summed E-state index contributed by atoms with van der Waals surface area (Å²) in [5.41, 5.74) is 1.72. The van der Waals surface area contributed by atoms with E-state index in [0.29, 0.717) is 6.04 Å². The SMILES string of the molecule is OC1(C2CCCN2Cc2nc3ccccc3[nH]2)CC1. The van der Waals surface area contributed by atoms with E-state index >= 15 is 0 Å². The fraction of sp³-hybridized carbons (Fsp3) is 0.533. The number of aromatic amines is 1. The van der Waals surface area contributed by atoms with Crippen molar-refractivity contribution in [3.05, 3.63) is 30.1 Å². The molecule has 1 atom stereocenters. The molecule has 1 saturated heterocycles. The molecule has 1 aliphatic heterocycles. The number of aliphatic hydroxyl groups is 1. The summed E-state index contributed by atoms with van der Waals surface area (Å²) in [6.07, 6.45) is 4.24. The van der Waals surface area contributed by atoms with Crippen LogP contribution >= 0.6 is 0 Å². The van der Waals surface area contributed by atoms with Crippen LogP contribution in [0.2, 0.25) is 0 Å². The number of H-pyrrole nitrogens is 1. The lowest BCUT2D eigenvalue weighted by molar-refractivity contribution is 0.0472. The molecule has 2 heterocycles. The Hall–Kier alpha value is -1.39. The Morgan fingerprint density at radius 3 is 3.00 bits per heavy atom. The summed E-state index contributed by atoms with van der Waals surface area (Å²) in [6.45, 7) is 1.89. The minimum absolute atomic E-state index is 0.334. The molecule has 1 unspecified atom stereocenters. The molecule has 2 aromatic rings. The smallest absolute Gasteiger partial charge is 0.121 e. The summed E-state index contributed by atoms with van der Waals surface area (Å²) in [5, 5.41) is 10.3. The molecule has 0 spiro atoms. The highest BCUT2D eigenvalue weighted by atomic mass is 16.3. The fourth-order valence-electron chi connectivity index (χ4n) is 3.36. The zero-order valence-electron chi connectivity index (χ0n) is 11.0. The van der Waals surface area contributed by atoms with E-state index in [0.717, 1.165) is 49.2 Å². The molecule has 4 heteroatoms. The van der Waals surface area contributed by atoms with Crippen molar-refractivity contribution >= 4 is 11.0 Å². The van der Waals surface area contributed by atoms with E-state index < -0.39 is 5.60 Å². The molecule has 1 saturated carbocycles. The summed E-state index contributed by atoms with van der Waals surface area (Å²) < 4.78 is 0. The Kier molecular flexibility index (Phi) is 2.44. The molecule has 1 aliphatic carbocycles. The Morgan fingerprint density at radius 2 is 2.21 bits per heavy atom. The third-order valence-electron chi connectivity index (χ3n) is 4.54. The van der Waals surface area contributed by atoms with Crippen molar-refractivity contribution in [1.29, 1.82) is 0 Å². The molecule has 0 bridgehead atoms. The lowest BCUT2D eigenvalue weighted by Gasteiger charge is -2.27. The number of rotatable bonds is 3. The van der Waals surface area contributed by atoms with Gasteiger partial charge in [0.25, 0.3) is 0 Å². The molecule has 1 aromatic carbocycles. The summed E-state index contributed by atoms with van der Waals surface area (Å²) in [5.74, 6) is 1.01. The highest BCUT2D eigenvalue weighted by molar-refractivity contribution is 5.74. The average Bonchev–Trinajstić information content (AvgIpc) is 2.87. The largest absolute Gasteiger partial charge is 0.388 e. The van der Waals surface area contributed by atoms with Gasteiger partial charge in [-0.3, -0.25) is 4.90 Å². The maximum absolute atomic E-state index is 10.3. The van der Waals surface area contributed by atoms with Crippen molar-refractivity contribution in [3.63, 3.8) is 0 Å². The number of likely N-dealkylation sites (tertiary alicyclic amines) is 1. The van der Waals surface area contributed by atoms with E-state index in [1.54, 1.807) is 0 Å². The lowest BCUT2D eigenvalue weighted by atomic mass is 10.1. The first-order valence-corrected chi connectivity index (χ1v) is 7.15. The highest BCUT2D eigenvalue weighted by Gasteiger charge is 2.51.